The van der Waals surface area contributed by atoms with E-state index in [1.807, 2.05) is 6.07 Å². The maximum Gasteiger partial charge on any atom is 0.343 e. The average molecular weight is 431 g/mol. The van der Waals surface area contributed by atoms with E-state index in [1.165, 1.54) is 12.4 Å². The quantitative estimate of drug-likeness (QED) is 0.499. The number of aromatic nitrogens is 4. The van der Waals surface area contributed by atoms with Crippen LogP contribution in [0.15, 0.2) is 53.8 Å². The molecule has 0 fully saturated rings. The average Bonchev–Trinajstić information content (AvgIpc) is 3.39. The Morgan fingerprint density at radius 1 is 1.03 bits per heavy atom. The predicted molar refractivity (Wildman–Crippen MR) is 110 cm³/mol. The van der Waals surface area contributed by atoms with Crippen molar-refractivity contribution in [3.8, 4) is 0 Å². The Bertz CT molecular complexity index is 1260. The minimum atomic E-state index is -0.595. The maximum absolute atomic E-state index is 11.8. The summed E-state index contributed by atoms with van der Waals surface area (Å²) in [7, 11) is 0. The van der Waals surface area contributed by atoms with E-state index in [9.17, 15) is 14.4 Å². The summed E-state index contributed by atoms with van der Waals surface area (Å²) >= 11 is 6.05. The largest absolute Gasteiger partial charge is 0.462 e. The fourth-order valence-corrected chi connectivity index (χ4v) is 2.96. The van der Waals surface area contributed by atoms with Crippen LogP contribution >= 0.6 is 11.6 Å². The molecule has 4 aromatic rings. The van der Waals surface area contributed by atoms with E-state index in [0.29, 0.717) is 28.2 Å². The first-order valence-corrected chi connectivity index (χ1v) is 9.50. The second-order valence-corrected chi connectivity index (χ2v) is 6.31. The number of H-pyrrole nitrogens is 1. The zero-order valence-corrected chi connectivity index (χ0v) is 17.0. The monoisotopic (exact) mass is 430 g/mol. The van der Waals surface area contributed by atoms with Gasteiger partial charge in [0.1, 0.15) is 16.6 Å². The molecule has 0 atom stereocenters. The number of carbonyl (C=O) groups is 2. The molecule has 9 nitrogen and oxygen atoms in total. The predicted octanol–water partition coefficient (Wildman–Crippen LogP) is 2.97. The molecule has 0 aliphatic heterocycles. The number of rotatable bonds is 4. The summed E-state index contributed by atoms with van der Waals surface area (Å²) in [5.74, 6) is -1.04. The lowest BCUT2D eigenvalue weighted by molar-refractivity contribution is 0.0515. The van der Waals surface area contributed by atoms with Crippen molar-refractivity contribution in [3.05, 3.63) is 75.4 Å². The molecule has 0 aromatic carbocycles. The molecule has 4 rings (SSSR count). The number of hydrogen-bond donors (Lipinski definition) is 1. The molecular formula is C20H19ClN4O5. The van der Waals surface area contributed by atoms with Crippen LogP contribution in [-0.4, -0.2) is 44.4 Å². The summed E-state index contributed by atoms with van der Waals surface area (Å²) in [6, 6.07) is 6.96. The molecule has 156 valence electrons. The molecule has 0 unspecified atom stereocenters. The van der Waals surface area contributed by atoms with Crippen LogP contribution in [0, 0.1) is 0 Å². The van der Waals surface area contributed by atoms with Gasteiger partial charge in [-0.2, -0.15) is 5.10 Å². The topological polar surface area (TPSA) is 107 Å². The highest BCUT2D eigenvalue weighted by Crippen LogP contribution is 2.21. The van der Waals surface area contributed by atoms with Gasteiger partial charge in [0.05, 0.1) is 29.9 Å². The molecule has 0 radical (unpaired) electrons. The number of carbonyl (C=O) groups excluding carboxylic acids is 2. The van der Waals surface area contributed by atoms with Gasteiger partial charge in [-0.3, -0.25) is 9.31 Å². The third kappa shape index (κ3) is 4.20. The summed E-state index contributed by atoms with van der Waals surface area (Å²) in [6.07, 6.45) is 6.22. The highest BCUT2D eigenvalue weighted by molar-refractivity contribution is 6.36. The van der Waals surface area contributed by atoms with Crippen LogP contribution in [0.2, 0.25) is 5.02 Å². The summed E-state index contributed by atoms with van der Waals surface area (Å²) in [6.45, 7) is 4.02. The molecule has 0 saturated carbocycles. The second kappa shape index (κ2) is 9.27. The van der Waals surface area contributed by atoms with Crippen LogP contribution in [0.5, 0.6) is 0 Å². The summed E-state index contributed by atoms with van der Waals surface area (Å²) in [5.41, 5.74) is 1.13. The lowest BCUT2D eigenvalue weighted by Gasteiger charge is -2.04. The highest BCUT2D eigenvalue weighted by Gasteiger charge is 2.15. The number of ether oxygens (including phenoxy) is 2. The number of fused-ring (bicyclic) bond motifs is 2. The van der Waals surface area contributed by atoms with Gasteiger partial charge in [-0.15, -0.1) is 0 Å². The van der Waals surface area contributed by atoms with Crippen molar-refractivity contribution < 1.29 is 19.1 Å². The Morgan fingerprint density at radius 3 is 2.37 bits per heavy atom. The van der Waals surface area contributed by atoms with Gasteiger partial charge < -0.3 is 14.6 Å². The van der Waals surface area contributed by atoms with Crippen molar-refractivity contribution in [2.75, 3.05) is 13.2 Å². The van der Waals surface area contributed by atoms with Crippen molar-refractivity contribution in [1.29, 1.82) is 0 Å². The number of halogens is 1. The van der Waals surface area contributed by atoms with Crippen LogP contribution in [0.3, 0.4) is 0 Å². The van der Waals surface area contributed by atoms with Crippen LogP contribution in [0.1, 0.15) is 34.6 Å². The SMILES string of the molecule is CCOC(=O)c1c[nH]n2cccc2c1=O.CCOC(=O)c1cnn2cccc2c1Cl. The lowest BCUT2D eigenvalue weighted by Crippen LogP contribution is -2.19. The van der Waals surface area contributed by atoms with Gasteiger partial charge in [-0.05, 0) is 38.1 Å². The van der Waals surface area contributed by atoms with Crippen LogP contribution < -0.4 is 5.43 Å². The fraction of sp³-hybridized carbons (Fsp3) is 0.200. The van der Waals surface area contributed by atoms with Gasteiger partial charge >= 0.3 is 11.9 Å². The van der Waals surface area contributed by atoms with E-state index in [1.54, 1.807) is 53.5 Å². The Balaban J connectivity index is 0.000000171. The van der Waals surface area contributed by atoms with Crippen LogP contribution in [0.25, 0.3) is 11.0 Å². The second-order valence-electron chi connectivity index (χ2n) is 5.93. The van der Waals surface area contributed by atoms with E-state index >= 15 is 0 Å². The van der Waals surface area contributed by atoms with Crippen molar-refractivity contribution in [2.24, 2.45) is 0 Å². The fourth-order valence-electron chi connectivity index (χ4n) is 2.69. The molecule has 0 aliphatic rings. The van der Waals surface area contributed by atoms with E-state index < -0.39 is 11.9 Å². The zero-order valence-electron chi connectivity index (χ0n) is 16.3. The van der Waals surface area contributed by atoms with Crippen LogP contribution in [-0.2, 0) is 9.47 Å². The highest BCUT2D eigenvalue weighted by atomic mass is 35.5. The van der Waals surface area contributed by atoms with E-state index in [-0.39, 0.29) is 17.6 Å². The Kier molecular flexibility index (Phi) is 6.53. The molecule has 4 heterocycles. The van der Waals surface area contributed by atoms with E-state index in [2.05, 4.69) is 10.2 Å². The number of aromatic amines is 1. The molecule has 0 amide bonds. The third-order valence-electron chi connectivity index (χ3n) is 4.07. The first-order chi connectivity index (χ1) is 14.5. The summed E-state index contributed by atoms with van der Waals surface area (Å²) < 4.78 is 12.8. The van der Waals surface area contributed by atoms with E-state index in [4.69, 9.17) is 21.1 Å². The van der Waals surface area contributed by atoms with Crippen molar-refractivity contribution in [1.82, 2.24) is 19.2 Å². The molecule has 0 bridgehead atoms. The lowest BCUT2D eigenvalue weighted by atomic mass is 10.3. The molecule has 30 heavy (non-hydrogen) atoms. The van der Waals surface area contributed by atoms with Crippen molar-refractivity contribution >= 4 is 34.6 Å². The first kappa shape index (κ1) is 21.1. The van der Waals surface area contributed by atoms with Gasteiger partial charge in [-0.1, -0.05) is 11.6 Å². The number of esters is 2. The van der Waals surface area contributed by atoms with Gasteiger partial charge in [0.2, 0.25) is 5.43 Å². The molecule has 1 N–H and O–H groups in total. The zero-order chi connectivity index (χ0) is 21.7. The van der Waals surface area contributed by atoms with Crippen molar-refractivity contribution in [3.63, 3.8) is 0 Å². The normalized spacial score (nSPS) is 10.5. The Labute approximate surface area is 175 Å². The molecular weight excluding hydrogens is 412 g/mol. The van der Waals surface area contributed by atoms with E-state index in [0.717, 1.165) is 0 Å². The maximum atomic E-state index is 11.8. The molecule has 0 saturated heterocycles. The standard InChI is InChI=1S/C10H9ClN2O2.C10H10N2O3/c1-2-15-10(14)7-6-12-13-5-3-4-8(13)9(7)11;1-2-15-10(14)7-6-11-12-5-3-4-8(12)9(7)13/h3-6H,2H2,1H3;3-6,11H,2H2,1H3. The first-order valence-electron chi connectivity index (χ1n) is 9.12. The Morgan fingerprint density at radius 2 is 1.67 bits per heavy atom. The molecule has 0 aliphatic carbocycles. The number of nitrogens with one attached hydrogen (secondary N) is 1. The Hall–Kier alpha value is -3.59. The molecule has 4 aromatic heterocycles. The van der Waals surface area contributed by atoms with Crippen molar-refractivity contribution in [2.45, 2.75) is 13.8 Å². The van der Waals surface area contributed by atoms with Gasteiger partial charge in [-0.25, -0.2) is 14.1 Å². The van der Waals surface area contributed by atoms with Gasteiger partial charge in [0, 0.05) is 18.6 Å². The molecule has 10 heteroatoms. The summed E-state index contributed by atoms with van der Waals surface area (Å²) in [4.78, 5) is 34.6. The molecule has 0 spiro atoms. The number of nitrogens with zero attached hydrogens (tertiary/aromatic N) is 3. The third-order valence-corrected chi connectivity index (χ3v) is 4.46. The smallest absolute Gasteiger partial charge is 0.343 e. The summed E-state index contributed by atoms with van der Waals surface area (Å²) in [5, 5.41) is 7.20. The minimum absolute atomic E-state index is 0.0306. The van der Waals surface area contributed by atoms with Gasteiger partial charge in [0.25, 0.3) is 0 Å². The minimum Gasteiger partial charge on any atom is -0.462 e. The van der Waals surface area contributed by atoms with Gasteiger partial charge in [0.15, 0.2) is 0 Å². The number of hydrogen-bond acceptors (Lipinski definition) is 6. The van der Waals surface area contributed by atoms with Crippen LogP contribution in [0.4, 0.5) is 0 Å².